The van der Waals surface area contributed by atoms with E-state index >= 15 is 0 Å². The third-order valence-corrected chi connectivity index (χ3v) is 6.01. The van der Waals surface area contributed by atoms with Gasteiger partial charge in [-0.15, -0.1) is 0 Å². The smallest absolute Gasteiger partial charge is 0.313 e. The van der Waals surface area contributed by atoms with Crippen LogP contribution in [0.5, 0.6) is 0 Å². The predicted octanol–water partition coefficient (Wildman–Crippen LogP) is 0.679. The lowest BCUT2D eigenvalue weighted by Gasteiger charge is -2.46. The molecule has 0 N–H and O–H groups in total. The molecule has 0 aromatic heterocycles. The highest BCUT2D eigenvalue weighted by molar-refractivity contribution is 5.82. The molecule has 3 heterocycles. The van der Waals surface area contributed by atoms with Gasteiger partial charge in [0.2, 0.25) is 0 Å². The first-order valence-electron chi connectivity index (χ1n) is 9.05. The molecule has 4 aliphatic rings. The number of rotatable bonds is 3. The second-order valence-corrected chi connectivity index (χ2v) is 8.35. The van der Waals surface area contributed by atoms with Gasteiger partial charge in [-0.1, -0.05) is 0 Å². The molecule has 27 heavy (non-hydrogen) atoms. The van der Waals surface area contributed by atoms with Gasteiger partial charge >= 0.3 is 17.9 Å². The maximum Gasteiger partial charge on any atom is 0.313 e. The predicted molar refractivity (Wildman–Crippen MR) is 85.9 cm³/mol. The van der Waals surface area contributed by atoms with Gasteiger partial charge in [0, 0.05) is 20.3 Å². The van der Waals surface area contributed by atoms with E-state index in [-0.39, 0.29) is 13.0 Å². The minimum Gasteiger partial charge on any atom is -0.465 e. The van der Waals surface area contributed by atoms with Crippen LogP contribution in [0.15, 0.2) is 0 Å². The molecule has 150 valence electrons. The van der Waals surface area contributed by atoms with Crippen molar-refractivity contribution in [1.29, 1.82) is 0 Å². The van der Waals surface area contributed by atoms with Crippen molar-refractivity contribution >= 4 is 17.9 Å². The van der Waals surface area contributed by atoms with Crippen LogP contribution in [0.4, 0.5) is 0 Å². The molecule has 4 fully saturated rings. The molecule has 0 aromatic rings. The molecule has 1 spiro atoms. The Morgan fingerprint density at radius 3 is 2.44 bits per heavy atom. The van der Waals surface area contributed by atoms with Gasteiger partial charge < -0.3 is 28.4 Å². The van der Waals surface area contributed by atoms with Gasteiger partial charge in [0.05, 0.1) is 17.9 Å². The van der Waals surface area contributed by atoms with Crippen LogP contribution in [0.25, 0.3) is 0 Å². The van der Waals surface area contributed by atoms with Crippen LogP contribution in [-0.2, 0) is 42.8 Å². The number of carbonyl (C=O) groups excluding carboxylic acids is 3. The fraction of sp³-hybridized carbons (Fsp3) is 0.833. The van der Waals surface area contributed by atoms with E-state index in [1.54, 1.807) is 20.8 Å². The van der Waals surface area contributed by atoms with Crippen molar-refractivity contribution < 1.29 is 42.8 Å². The zero-order valence-electron chi connectivity index (χ0n) is 16.0. The van der Waals surface area contributed by atoms with Gasteiger partial charge in [0.15, 0.2) is 23.8 Å². The Kier molecular flexibility index (Phi) is 3.90. The first-order chi connectivity index (χ1) is 12.5. The van der Waals surface area contributed by atoms with E-state index in [9.17, 15) is 14.4 Å². The minimum absolute atomic E-state index is 0.0305. The Balaban J connectivity index is 1.78. The van der Waals surface area contributed by atoms with Crippen molar-refractivity contribution in [2.75, 3.05) is 6.61 Å². The number of hydrogen-bond donors (Lipinski definition) is 0. The molecule has 0 aromatic carbocycles. The van der Waals surface area contributed by atoms with Crippen molar-refractivity contribution in [1.82, 2.24) is 0 Å². The Morgan fingerprint density at radius 2 is 1.81 bits per heavy atom. The molecule has 0 unspecified atom stereocenters. The molecule has 0 radical (unpaired) electrons. The zero-order valence-corrected chi connectivity index (χ0v) is 16.0. The lowest BCUT2D eigenvalue weighted by atomic mass is 9.60. The third-order valence-electron chi connectivity index (χ3n) is 6.01. The van der Waals surface area contributed by atoms with Gasteiger partial charge in [-0.3, -0.25) is 14.4 Å². The third kappa shape index (κ3) is 2.51. The normalized spacial score (nSPS) is 46.4. The van der Waals surface area contributed by atoms with Crippen LogP contribution < -0.4 is 0 Å². The summed E-state index contributed by atoms with van der Waals surface area (Å²) in [7, 11) is 0. The van der Waals surface area contributed by atoms with Crippen LogP contribution in [0.2, 0.25) is 0 Å². The first kappa shape index (κ1) is 18.6. The Hall–Kier alpha value is -1.71. The quantitative estimate of drug-likeness (QED) is 0.513. The molecular weight excluding hydrogens is 360 g/mol. The molecule has 7 atom stereocenters. The summed E-state index contributed by atoms with van der Waals surface area (Å²) in [5.41, 5.74) is -2.28. The van der Waals surface area contributed by atoms with E-state index in [2.05, 4.69) is 0 Å². The fourth-order valence-electron chi connectivity index (χ4n) is 5.01. The molecule has 4 rings (SSSR count). The summed E-state index contributed by atoms with van der Waals surface area (Å²) in [6, 6.07) is 0. The molecule has 1 saturated carbocycles. The fourth-order valence-corrected chi connectivity index (χ4v) is 5.01. The van der Waals surface area contributed by atoms with Gasteiger partial charge in [-0.2, -0.15) is 0 Å². The van der Waals surface area contributed by atoms with E-state index in [1.165, 1.54) is 13.8 Å². The highest BCUT2D eigenvalue weighted by Crippen LogP contribution is 2.63. The van der Waals surface area contributed by atoms with E-state index in [4.69, 9.17) is 28.4 Å². The number of hydrogen-bond acceptors (Lipinski definition) is 9. The lowest BCUT2D eigenvalue weighted by Crippen LogP contribution is -2.64. The number of esters is 3. The van der Waals surface area contributed by atoms with E-state index in [0.29, 0.717) is 0 Å². The van der Waals surface area contributed by atoms with Gasteiger partial charge in [0.1, 0.15) is 12.2 Å². The number of ether oxygens (including phenoxy) is 6. The Labute approximate surface area is 156 Å². The molecular formula is C18H24O9. The van der Waals surface area contributed by atoms with E-state index in [0.717, 1.165) is 0 Å². The van der Waals surface area contributed by atoms with Crippen LogP contribution in [0.1, 0.15) is 41.0 Å². The van der Waals surface area contributed by atoms with Crippen molar-refractivity contribution in [2.24, 2.45) is 11.3 Å². The minimum atomic E-state index is -1.27. The Morgan fingerprint density at radius 1 is 1.11 bits per heavy atom. The zero-order chi connectivity index (χ0) is 19.8. The van der Waals surface area contributed by atoms with Crippen LogP contribution in [0.3, 0.4) is 0 Å². The standard InChI is InChI=1S/C18H24O9/c1-8(19)22-7-11-17(5)6-10(23-9(2)20)12-18(11,27-15(17)21)13-14(24-12)26-16(3,4)25-13/h10-14H,6-7H2,1-5H3/t10-,11-,12-,13+,14-,17-,18-/m1/s1. The maximum absolute atomic E-state index is 12.9. The van der Waals surface area contributed by atoms with Gasteiger partial charge in [0.25, 0.3) is 0 Å². The average molecular weight is 384 g/mol. The van der Waals surface area contributed by atoms with Crippen molar-refractivity contribution in [2.45, 2.75) is 77.0 Å². The number of fused-ring (bicyclic) bond motifs is 2. The molecule has 3 saturated heterocycles. The largest absolute Gasteiger partial charge is 0.465 e. The summed E-state index contributed by atoms with van der Waals surface area (Å²) in [5.74, 6) is -2.84. The van der Waals surface area contributed by atoms with Gasteiger partial charge in [-0.25, -0.2) is 0 Å². The summed E-state index contributed by atoms with van der Waals surface area (Å²) < 4.78 is 34.6. The monoisotopic (exact) mass is 384 g/mol. The highest BCUT2D eigenvalue weighted by atomic mass is 16.8. The summed E-state index contributed by atoms with van der Waals surface area (Å²) in [5, 5.41) is 0. The lowest BCUT2D eigenvalue weighted by molar-refractivity contribution is -0.258. The summed E-state index contributed by atoms with van der Waals surface area (Å²) in [6.45, 7) is 7.79. The molecule has 1 aliphatic carbocycles. The number of carbonyl (C=O) groups is 3. The highest BCUT2D eigenvalue weighted by Gasteiger charge is 2.81. The van der Waals surface area contributed by atoms with Gasteiger partial charge in [-0.05, 0) is 20.8 Å². The molecule has 3 aliphatic heterocycles. The van der Waals surface area contributed by atoms with Crippen molar-refractivity contribution in [3.05, 3.63) is 0 Å². The van der Waals surface area contributed by atoms with E-state index < -0.39 is 65.2 Å². The molecule has 9 nitrogen and oxygen atoms in total. The second-order valence-electron chi connectivity index (χ2n) is 8.35. The van der Waals surface area contributed by atoms with Crippen LogP contribution in [0, 0.1) is 11.3 Å². The SMILES string of the molecule is CC(=O)OC[C@H]1[C@@]23OC(=O)[C@]1(C)C[C@@H](OC(C)=O)[C@H]2O[C@@H]1OC(C)(C)O[C@@H]13. The first-order valence-corrected chi connectivity index (χ1v) is 9.05. The second kappa shape index (κ2) is 5.65. The summed E-state index contributed by atoms with van der Waals surface area (Å²) in [6.07, 6.45) is -2.77. The molecule has 9 heteroatoms. The maximum atomic E-state index is 12.9. The topological polar surface area (TPSA) is 107 Å². The molecule has 2 bridgehead atoms. The average Bonchev–Trinajstić information content (AvgIpc) is 3.02. The summed E-state index contributed by atoms with van der Waals surface area (Å²) >= 11 is 0. The van der Waals surface area contributed by atoms with Crippen LogP contribution >= 0.6 is 0 Å². The van der Waals surface area contributed by atoms with Crippen LogP contribution in [-0.4, -0.2) is 60.5 Å². The van der Waals surface area contributed by atoms with E-state index in [1.807, 2.05) is 0 Å². The molecule has 0 amide bonds. The van der Waals surface area contributed by atoms with Crippen molar-refractivity contribution in [3.8, 4) is 0 Å². The van der Waals surface area contributed by atoms with Crippen molar-refractivity contribution in [3.63, 3.8) is 0 Å². The summed E-state index contributed by atoms with van der Waals surface area (Å²) in [4.78, 5) is 36.0. The Bertz CT molecular complexity index is 703.